The van der Waals surface area contributed by atoms with Crippen LogP contribution in [0.25, 0.3) is 0 Å². The third-order valence-corrected chi connectivity index (χ3v) is 4.53. The van der Waals surface area contributed by atoms with E-state index < -0.39 is 45.3 Å². The van der Waals surface area contributed by atoms with E-state index in [2.05, 4.69) is 5.32 Å². The maximum Gasteiger partial charge on any atom is 0.417 e. The van der Waals surface area contributed by atoms with Gasteiger partial charge in [-0.05, 0) is 25.1 Å². The molecule has 0 spiro atoms. The number of alkyl halides is 3. The SMILES string of the molecule is COC[C@@H](C)NC(=O)CN(c1ccc(Cl)c(C(F)(F)F)c1)S(C)(=O)=O. The summed E-state index contributed by atoms with van der Waals surface area (Å²) in [6.07, 6.45) is -3.97. The van der Waals surface area contributed by atoms with E-state index in [0.29, 0.717) is 10.4 Å². The number of nitrogens with zero attached hydrogens (tertiary/aromatic N) is 1. The molecule has 0 unspecified atom stereocenters. The molecule has 142 valence electrons. The molecule has 0 aromatic heterocycles. The molecule has 11 heteroatoms. The van der Waals surface area contributed by atoms with Gasteiger partial charge in [0.2, 0.25) is 15.9 Å². The van der Waals surface area contributed by atoms with Gasteiger partial charge in [-0.2, -0.15) is 13.2 Å². The van der Waals surface area contributed by atoms with Crippen LogP contribution in [-0.4, -0.2) is 46.9 Å². The van der Waals surface area contributed by atoms with E-state index in [-0.39, 0.29) is 12.3 Å². The molecule has 0 heterocycles. The molecule has 0 saturated carbocycles. The minimum absolute atomic E-state index is 0.198. The number of anilines is 1. The lowest BCUT2D eigenvalue weighted by atomic mass is 10.2. The molecule has 0 saturated heterocycles. The summed E-state index contributed by atoms with van der Waals surface area (Å²) in [4.78, 5) is 12.0. The number of carbonyl (C=O) groups excluding carboxylic acids is 1. The Labute approximate surface area is 148 Å². The van der Waals surface area contributed by atoms with Crippen molar-refractivity contribution in [1.82, 2.24) is 5.32 Å². The van der Waals surface area contributed by atoms with E-state index in [1.165, 1.54) is 7.11 Å². The van der Waals surface area contributed by atoms with Gasteiger partial charge in [-0.3, -0.25) is 9.10 Å². The summed E-state index contributed by atoms with van der Waals surface area (Å²) in [5.74, 6) is -0.682. The number of nitrogens with one attached hydrogen (secondary N) is 1. The highest BCUT2D eigenvalue weighted by atomic mass is 35.5. The van der Waals surface area contributed by atoms with E-state index in [1.807, 2.05) is 0 Å². The summed E-state index contributed by atoms with van der Waals surface area (Å²) >= 11 is 5.53. The van der Waals surface area contributed by atoms with Crippen molar-refractivity contribution in [2.24, 2.45) is 0 Å². The Morgan fingerprint density at radius 3 is 2.48 bits per heavy atom. The second kappa shape index (κ2) is 8.24. The van der Waals surface area contributed by atoms with E-state index in [9.17, 15) is 26.4 Å². The molecule has 1 atom stereocenters. The second-order valence-corrected chi connectivity index (χ2v) is 7.67. The van der Waals surface area contributed by atoms with Gasteiger partial charge < -0.3 is 10.1 Å². The molecule has 6 nitrogen and oxygen atoms in total. The van der Waals surface area contributed by atoms with E-state index in [0.717, 1.165) is 18.4 Å². The zero-order valence-corrected chi connectivity index (χ0v) is 15.3. The van der Waals surface area contributed by atoms with Crippen molar-refractivity contribution in [2.45, 2.75) is 19.1 Å². The van der Waals surface area contributed by atoms with Gasteiger partial charge in [0.05, 0.1) is 29.1 Å². The van der Waals surface area contributed by atoms with Gasteiger partial charge >= 0.3 is 6.18 Å². The molecule has 0 aliphatic carbocycles. The van der Waals surface area contributed by atoms with Gasteiger partial charge in [-0.15, -0.1) is 0 Å². The van der Waals surface area contributed by atoms with Crippen molar-refractivity contribution in [3.8, 4) is 0 Å². The van der Waals surface area contributed by atoms with Crippen molar-refractivity contribution < 1.29 is 31.1 Å². The molecule has 0 aliphatic rings. The van der Waals surface area contributed by atoms with Crippen LogP contribution in [0.15, 0.2) is 18.2 Å². The summed E-state index contributed by atoms with van der Waals surface area (Å²) in [6.45, 7) is 1.16. The van der Waals surface area contributed by atoms with Gasteiger partial charge in [0.1, 0.15) is 6.54 Å². The van der Waals surface area contributed by atoms with Crippen LogP contribution in [0.3, 0.4) is 0 Å². The number of sulfonamides is 1. The average Bonchev–Trinajstić information content (AvgIpc) is 2.43. The van der Waals surface area contributed by atoms with Crippen molar-refractivity contribution in [2.75, 3.05) is 30.8 Å². The van der Waals surface area contributed by atoms with Crippen molar-refractivity contribution >= 4 is 33.2 Å². The van der Waals surface area contributed by atoms with Crippen LogP contribution in [0.1, 0.15) is 12.5 Å². The van der Waals surface area contributed by atoms with Crippen molar-refractivity contribution in [1.29, 1.82) is 0 Å². The molecule has 1 aromatic carbocycles. The number of carbonyl (C=O) groups is 1. The molecule has 25 heavy (non-hydrogen) atoms. The Kier molecular flexibility index (Phi) is 7.09. The summed E-state index contributed by atoms with van der Waals surface area (Å²) < 4.78 is 68.2. The zero-order chi connectivity index (χ0) is 19.4. The molecule has 1 amide bonds. The van der Waals surface area contributed by atoms with Crippen LogP contribution in [-0.2, 0) is 25.7 Å². The monoisotopic (exact) mass is 402 g/mol. The summed E-state index contributed by atoms with van der Waals surface area (Å²) in [7, 11) is -2.58. The minimum Gasteiger partial charge on any atom is -0.383 e. The fourth-order valence-corrected chi connectivity index (χ4v) is 3.10. The topological polar surface area (TPSA) is 75.7 Å². The molecule has 1 aromatic rings. The molecule has 0 aliphatic heterocycles. The van der Waals surface area contributed by atoms with Crippen molar-refractivity contribution in [3.63, 3.8) is 0 Å². The fraction of sp³-hybridized carbons (Fsp3) is 0.500. The first kappa shape index (κ1) is 21.5. The second-order valence-electron chi connectivity index (χ2n) is 5.36. The first-order valence-corrected chi connectivity index (χ1v) is 9.21. The first-order valence-electron chi connectivity index (χ1n) is 6.99. The highest BCUT2D eigenvalue weighted by molar-refractivity contribution is 7.92. The van der Waals surface area contributed by atoms with E-state index in [1.54, 1.807) is 6.92 Å². The minimum atomic E-state index is -4.76. The largest absolute Gasteiger partial charge is 0.417 e. The standard InChI is InChI=1S/C14H18ClF3N2O4S/c1-9(8-24-2)19-13(21)7-20(25(3,22)23)10-4-5-12(15)11(6-10)14(16,17)18/h4-6,9H,7-8H2,1-3H3,(H,19,21)/t9-/m1/s1. The number of ether oxygens (including phenoxy) is 1. The maximum atomic E-state index is 13.0. The Hall–Kier alpha value is -1.52. The Morgan fingerprint density at radius 2 is 2.00 bits per heavy atom. The quantitative estimate of drug-likeness (QED) is 0.759. The molecule has 0 radical (unpaired) electrons. The lowest BCUT2D eigenvalue weighted by Gasteiger charge is -2.24. The van der Waals surface area contributed by atoms with Gasteiger partial charge in [0, 0.05) is 13.2 Å². The number of benzene rings is 1. The highest BCUT2D eigenvalue weighted by Gasteiger charge is 2.34. The number of halogens is 4. The first-order chi connectivity index (χ1) is 11.4. The van der Waals surface area contributed by atoms with Gasteiger partial charge in [-0.25, -0.2) is 8.42 Å². The number of amides is 1. The number of rotatable bonds is 7. The lowest BCUT2D eigenvalue weighted by Crippen LogP contribution is -2.44. The fourth-order valence-electron chi connectivity index (χ4n) is 2.03. The maximum absolute atomic E-state index is 13.0. The van der Waals surface area contributed by atoms with Crippen molar-refractivity contribution in [3.05, 3.63) is 28.8 Å². The third-order valence-electron chi connectivity index (χ3n) is 3.05. The molecule has 0 bridgehead atoms. The average molecular weight is 403 g/mol. The van der Waals surface area contributed by atoms with Gasteiger partial charge in [-0.1, -0.05) is 11.6 Å². The van der Waals surface area contributed by atoms with Gasteiger partial charge in [0.25, 0.3) is 0 Å². The molecule has 1 rings (SSSR count). The summed E-state index contributed by atoms with van der Waals surface area (Å²) in [5, 5.41) is 1.92. The van der Waals surface area contributed by atoms with Crippen LogP contribution in [0.4, 0.5) is 18.9 Å². The van der Waals surface area contributed by atoms with E-state index in [4.69, 9.17) is 16.3 Å². The Bertz CT molecular complexity index is 725. The van der Waals surface area contributed by atoms with Crippen LogP contribution >= 0.6 is 11.6 Å². The molecular formula is C14H18ClF3N2O4S. The normalized spacial score (nSPS) is 13.4. The summed E-state index contributed by atoms with van der Waals surface area (Å²) in [5.41, 5.74) is -1.50. The third kappa shape index (κ3) is 6.37. The molecular weight excluding hydrogens is 385 g/mol. The van der Waals surface area contributed by atoms with E-state index >= 15 is 0 Å². The van der Waals surface area contributed by atoms with Crippen LogP contribution in [0.5, 0.6) is 0 Å². The predicted octanol–water partition coefficient (Wildman–Crippen LogP) is 2.28. The number of methoxy groups -OCH3 is 1. The van der Waals surface area contributed by atoms with Crippen LogP contribution < -0.4 is 9.62 Å². The molecule has 1 N–H and O–H groups in total. The van der Waals surface area contributed by atoms with Gasteiger partial charge in [0.15, 0.2) is 0 Å². The van der Waals surface area contributed by atoms with Crippen LogP contribution in [0, 0.1) is 0 Å². The highest BCUT2D eigenvalue weighted by Crippen LogP contribution is 2.37. The lowest BCUT2D eigenvalue weighted by molar-refractivity contribution is -0.137. The predicted molar refractivity (Wildman–Crippen MR) is 88.1 cm³/mol. The summed E-state index contributed by atoms with van der Waals surface area (Å²) in [6, 6.07) is 2.23. The smallest absolute Gasteiger partial charge is 0.383 e. The zero-order valence-electron chi connectivity index (χ0n) is 13.7. The number of hydrogen-bond donors (Lipinski definition) is 1. The Balaban J connectivity index is 3.15. The van der Waals surface area contributed by atoms with Crippen LogP contribution in [0.2, 0.25) is 5.02 Å². The number of hydrogen-bond acceptors (Lipinski definition) is 4. The Morgan fingerprint density at radius 1 is 1.40 bits per heavy atom. The molecule has 0 fully saturated rings.